The fourth-order valence-electron chi connectivity index (χ4n) is 3.01. The van der Waals surface area contributed by atoms with E-state index >= 15 is 0 Å². The van der Waals surface area contributed by atoms with E-state index in [0.717, 1.165) is 25.7 Å². The lowest BCUT2D eigenvalue weighted by Crippen LogP contribution is -2.48. The zero-order chi connectivity index (χ0) is 18.5. The molecule has 138 valence electrons. The summed E-state index contributed by atoms with van der Waals surface area (Å²) in [5.41, 5.74) is 0.547. The number of amides is 1. The molecule has 1 amide bonds. The highest BCUT2D eigenvalue weighted by Gasteiger charge is 2.53. The SMILES string of the molecule is CCCC(=O)N[C@@H](CCCc1ccccc1)B1OC(C)(C)C(C)(C)O1. The molecule has 1 N–H and O–H groups in total. The number of rotatable bonds is 8. The molecule has 0 unspecified atom stereocenters. The van der Waals surface area contributed by atoms with Gasteiger partial charge in [0, 0.05) is 6.42 Å². The highest BCUT2D eigenvalue weighted by Crippen LogP contribution is 2.38. The summed E-state index contributed by atoms with van der Waals surface area (Å²) in [5.74, 6) is -0.0502. The molecule has 1 aromatic carbocycles. The van der Waals surface area contributed by atoms with Crippen LogP contribution in [0.1, 0.15) is 65.9 Å². The van der Waals surface area contributed by atoms with Gasteiger partial charge in [0.25, 0.3) is 0 Å². The first-order valence-electron chi connectivity index (χ1n) is 9.44. The van der Waals surface area contributed by atoms with Crippen molar-refractivity contribution in [3.8, 4) is 0 Å². The second-order valence-corrected chi connectivity index (χ2v) is 7.93. The van der Waals surface area contributed by atoms with Crippen molar-refractivity contribution in [1.82, 2.24) is 5.32 Å². The summed E-state index contributed by atoms with van der Waals surface area (Å²) >= 11 is 0. The molecule has 1 aromatic rings. The first kappa shape index (κ1) is 20.0. The van der Waals surface area contributed by atoms with Gasteiger partial charge in [0.15, 0.2) is 0 Å². The minimum absolute atomic E-state index is 0.0712. The van der Waals surface area contributed by atoms with Gasteiger partial charge >= 0.3 is 7.12 Å². The molecule has 2 rings (SSSR count). The number of hydrogen-bond donors (Lipinski definition) is 1. The monoisotopic (exact) mass is 345 g/mol. The Morgan fingerprint density at radius 2 is 1.72 bits per heavy atom. The molecular formula is C20H32BNO3. The van der Waals surface area contributed by atoms with Crippen LogP contribution in [0.15, 0.2) is 30.3 Å². The van der Waals surface area contributed by atoms with E-state index in [1.165, 1.54) is 5.56 Å². The molecule has 1 heterocycles. The molecule has 0 aromatic heterocycles. The summed E-state index contributed by atoms with van der Waals surface area (Å²) in [6.07, 6.45) is 4.17. The molecule has 1 aliphatic rings. The van der Waals surface area contributed by atoms with Gasteiger partial charge in [-0.15, -0.1) is 0 Å². The van der Waals surface area contributed by atoms with E-state index in [1.54, 1.807) is 0 Å². The molecule has 0 aliphatic carbocycles. The van der Waals surface area contributed by atoms with Gasteiger partial charge < -0.3 is 14.6 Å². The van der Waals surface area contributed by atoms with Crippen molar-refractivity contribution in [2.24, 2.45) is 0 Å². The van der Waals surface area contributed by atoms with Gasteiger partial charge in [0.2, 0.25) is 5.91 Å². The van der Waals surface area contributed by atoms with Crippen LogP contribution in [-0.4, -0.2) is 30.2 Å². The second-order valence-electron chi connectivity index (χ2n) is 7.93. The van der Waals surface area contributed by atoms with E-state index in [1.807, 2.05) is 40.7 Å². The van der Waals surface area contributed by atoms with Gasteiger partial charge in [0.1, 0.15) is 0 Å². The lowest BCUT2D eigenvalue weighted by molar-refractivity contribution is -0.121. The summed E-state index contributed by atoms with van der Waals surface area (Å²) in [6, 6.07) is 10.4. The van der Waals surface area contributed by atoms with Crippen molar-refractivity contribution in [2.45, 2.75) is 83.9 Å². The summed E-state index contributed by atoms with van der Waals surface area (Å²) < 4.78 is 12.3. The third kappa shape index (κ3) is 5.32. The van der Waals surface area contributed by atoms with E-state index in [0.29, 0.717) is 6.42 Å². The molecule has 1 atom stereocenters. The molecular weight excluding hydrogens is 313 g/mol. The van der Waals surface area contributed by atoms with Crippen LogP contribution in [0.5, 0.6) is 0 Å². The van der Waals surface area contributed by atoms with E-state index in [9.17, 15) is 4.79 Å². The van der Waals surface area contributed by atoms with Crippen molar-refractivity contribution in [1.29, 1.82) is 0 Å². The number of carbonyl (C=O) groups excluding carboxylic acids is 1. The van der Waals surface area contributed by atoms with Crippen LogP contribution in [0, 0.1) is 0 Å². The predicted octanol–water partition coefficient (Wildman–Crippen LogP) is 3.93. The lowest BCUT2D eigenvalue weighted by Gasteiger charge is -2.32. The average Bonchev–Trinajstić information content (AvgIpc) is 2.76. The third-order valence-corrected chi connectivity index (χ3v) is 5.25. The molecule has 1 saturated heterocycles. The molecule has 1 aliphatic heterocycles. The van der Waals surface area contributed by atoms with Crippen molar-refractivity contribution < 1.29 is 14.1 Å². The van der Waals surface area contributed by atoms with Gasteiger partial charge in [-0.2, -0.15) is 0 Å². The van der Waals surface area contributed by atoms with Crippen LogP contribution >= 0.6 is 0 Å². The van der Waals surface area contributed by atoms with Crippen molar-refractivity contribution in [3.63, 3.8) is 0 Å². The van der Waals surface area contributed by atoms with Gasteiger partial charge in [0.05, 0.1) is 17.1 Å². The molecule has 0 spiro atoms. The van der Waals surface area contributed by atoms with Crippen LogP contribution in [0.25, 0.3) is 0 Å². The molecule has 5 heteroatoms. The first-order chi connectivity index (χ1) is 11.7. The smallest absolute Gasteiger partial charge is 0.402 e. The molecule has 1 fully saturated rings. The Morgan fingerprint density at radius 3 is 2.28 bits per heavy atom. The van der Waals surface area contributed by atoms with Crippen molar-refractivity contribution in [2.75, 3.05) is 0 Å². The molecule has 0 radical (unpaired) electrons. The number of benzene rings is 1. The van der Waals surface area contributed by atoms with Crippen LogP contribution in [0.3, 0.4) is 0 Å². The maximum absolute atomic E-state index is 12.1. The Labute approximate surface area is 152 Å². The average molecular weight is 345 g/mol. The fraction of sp³-hybridized carbons (Fsp3) is 0.650. The van der Waals surface area contributed by atoms with Gasteiger partial charge in [-0.25, -0.2) is 0 Å². The van der Waals surface area contributed by atoms with E-state index < -0.39 is 7.12 Å². The summed E-state index contributed by atoms with van der Waals surface area (Å²) in [7, 11) is -0.401. The Kier molecular flexibility index (Phi) is 6.69. The highest BCUT2D eigenvalue weighted by molar-refractivity contribution is 6.48. The third-order valence-electron chi connectivity index (χ3n) is 5.25. The number of aryl methyl sites for hydroxylation is 1. The van der Waals surface area contributed by atoms with Crippen LogP contribution < -0.4 is 5.32 Å². The molecule has 25 heavy (non-hydrogen) atoms. The maximum atomic E-state index is 12.1. The largest absolute Gasteiger partial charge is 0.481 e. The number of nitrogens with one attached hydrogen (secondary N) is 1. The van der Waals surface area contributed by atoms with Crippen LogP contribution in [0.4, 0.5) is 0 Å². The lowest BCUT2D eigenvalue weighted by atomic mass is 9.75. The molecule has 4 nitrogen and oxygen atoms in total. The standard InChI is InChI=1S/C20H32BNO3/c1-6-11-18(23)22-17(15-10-14-16-12-8-7-9-13-16)21-24-19(2,3)20(4,5)25-21/h7-9,12-13,17H,6,10-11,14-15H2,1-5H3,(H,22,23)/t17-/m0/s1. The molecule has 0 bridgehead atoms. The Balaban J connectivity index is 1.99. The zero-order valence-electron chi connectivity index (χ0n) is 16.3. The predicted molar refractivity (Wildman–Crippen MR) is 102 cm³/mol. The summed E-state index contributed by atoms with van der Waals surface area (Å²) in [5, 5.41) is 3.13. The minimum Gasteiger partial charge on any atom is -0.402 e. The summed E-state index contributed by atoms with van der Waals surface area (Å²) in [4.78, 5) is 12.1. The van der Waals surface area contributed by atoms with Crippen molar-refractivity contribution in [3.05, 3.63) is 35.9 Å². The quantitative estimate of drug-likeness (QED) is 0.727. The fourth-order valence-corrected chi connectivity index (χ4v) is 3.01. The molecule has 0 saturated carbocycles. The maximum Gasteiger partial charge on any atom is 0.481 e. The summed E-state index contributed by atoms with van der Waals surface area (Å²) in [6.45, 7) is 10.2. The van der Waals surface area contributed by atoms with E-state index in [4.69, 9.17) is 9.31 Å². The minimum atomic E-state index is -0.401. The van der Waals surface area contributed by atoms with Crippen LogP contribution in [-0.2, 0) is 20.5 Å². The normalized spacial score (nSPS) is 19.6. The number of hydrogen-bond acceptors (Lipinski definition) is 3. The Bertz CT molecular complexity index is 543. The van der Waals surface area contributed by atoms with E-state index in [2.05, 4.69) is 29.6 Å². The van der Waals surface area contributed by atoms with Gasteiger partial charge in [-0.1, -0.05) is 37.3 Å². The first-order valence-corrected chi connectivity index (χ1v) is 9.44. The highest BCUT2D eigenvalue weighted by atomic mass is 16.7. The zero-order valence-corrected chi connectivity index (χ0v) is 16.3. The Hall–Kier alpha value is -1.33. The second kappa shape index (κ2) is 8.37. The topological polar surface area (TPSA) is 47.6 Å². The van der Waals surface area contributed by atoms with Gasteiger partial charge in [-0.05, 0) is 58.9 Å². The van der Waals surface area contributed by atoms with Gasteiger partial charge in [-0.3, -0.25) is 4.79 Å². The Morgan fingerprint density at radius 1 is 1.12 bits per heavy atom. The van der Waals surface area contributed by atoms with Crippen LogP contribution in [0.2, 0.25) is 0 Å². The number of carbonyl (C=O) groups is 1. The van der Waals surface area contributed by atoms with E-state index in [-0.39, 0.29) is 23.1 Å². The van der Waals surface area contributed by atoms with Crippen molar-refractivity contribution >= 4 is 13.0 Å².